The van der Waals surface area contributed by atoms with E-state index < -0.39 is 5.97 Å². The Morgan fingerprint density at radius 1 is 1.08 bits per heavy atom. The molecule has 4 rings (SSSR count). The fourth-order valence-corrected chi connectivity index (χ4v) is 7.06. The third kappa shape index (κ3) is 6.68. The second kappa shape index (κ2) is 12.9. The average molecular weight is 618 g/mol. The zero-order valence-corrected chi connectivity index (χ0v) is 25.2. The summed E-state index contributed by atoms with van der Waals surface area (Å²) in [5.41, 5.74) is 3.06. The monoisotopic (exact) mass is 616 g/mol. The molecule has 6 nitrogen and oxygen atoms in total. The Morgan fingerprint density at radius 3 is 2.38 bits per heavy atom. The molecule has 2 aliphatic heterocycles. The van der Waals surface area contributed by atoms with Gasteiger partial charge in [-0.25, -0.2) is 0 Å². The fraction of sp³-hybridized carbons (Fsp3) is 0.516. The lowest BCUT2D eigenvalue weighted by Crippen LogP contribution is -2.48. The number of hydrogen-bond donors (Lipinski definition) is 1. The highest BCUT2D eigenvalue weighted by Crippen LogP contribution is 2.42. The molecule has 2 amide bonds. The molecule has 39 heavy (non-hydrogen) atoms. The van der Waals surface area contributed by atoms with Crippen molar-refractivity contribution in [3.8, 4) is 0 Å². The van der Waals surface area contributed by atoms with E-state index in [1.807, 2.05) is 43.3 Å². The van der Waals surface area contributed by atoms with E-state index in [0.29, 0.717) is 56.3 Å². The van der Waals surface area contributed by atoms with Crippen LogP contribution in [-0.2, 0) is 14.4 Å². The number of hydrogen-bond acceptors (Lipinski definition) is 3. The molecule has 0 aliphatic carbocycles. The minimum atomic E-state index is -0.758. The molecule has 1 N–H and O–H groups in total. The van der Waals surface area contributed by atoms with Gasteiger partial charge in [-0.1, -0.05) is 72.6 Å². The lowest BCUT2D eigenvalue weighted by Gasteiger charge is -2.36. The van der Waals surface area contributed by atoms with Gasteiger partial charge in [0.05, 0.1) is 18.4 Å². The Hall–Kier alpha value is -2.38. The van der Waals surface area contributed by atoms with E-state index in [9.17, 15) is 19.5 Å². The van der Waals surface area contributed by atoms with Gasteiger partial charge in [-0.3, -0.25) is 14.4 Å². The van der Waals surface area contributed by atoms with Gasteiger partial charge in [0.1, 0.15) is 0 Å². The molecule has 2 aromatic rings. The molecule has 2 aromatic carbocycles. The summed E-state index contributed by atoms with van der Waals surface area (Å²) >= 11 is 10.2. The Balaban J connectivity index is 1.62. The van der Waals surface area contributed by atoms with Crippen molar-refractivity contribution in [2.24, 2.45) is 17.8 Å². The molecule has 2 heterocycles. The maximum absolute atomic E-state index is 14.1. The maximum Gasteiger partial charge on any atom is 0.306 e. The minimum absolute atomic E-state index is 0.0108. The van der Waals surface area contributed by atoms with E-state index in [2.05, 4.69) is 35.8 Å². The Bertz CT molecular complexity index is 1210. The van der Waals surface area contributed by atoms with Crippen molar-refractivity contribution in [1.82, 2.24) is 9.80 Å². The first-order chi connectivity index (χ1) is 18.6. The number of amides is 2. The molecule has 8 heteroatoms. The van der Waals surface area contributed by atoms with Crippen LogP contribution in [-0.4, -0.2) is 58.9 Å². The van der Waals surface area contributed by atoms with Gasteiger partial charge < -0.3 is 14.9 Å². The summed E-state index contributed by atoms with van der Waals surface area (Å²) in [6, 6.07) is 13.8. The van der Waals surface area contributed by atoms with Crippen molar-refractivity contribution in [1.29, 1.82) is 0 Å². The van der Waals surface area contributed by atoms with Gasteiger partial charge in [0, 0.05) is 35.0 Å². The maximum atomic E-state index is 14.1. The molecular weight excluding hydrogens is 580 g/mol. The second-order valence-corrected chi connectivity index (χ2v) is 12.6. The van der Waals surface area contributed by atoms with Gasteiger partial charge in [0.2, 0.25) is 11.8 Å². The van der Waals surface area contributed by atoms with Crippen LogP contribution >= 0.6 is 27.5 Å². The lowest BCUT2D eigenvalue weighted by molar-refractivity contribution is -0.146. The largest absolute Gasteiger partial charge is 0.481 e. The second-order valence-electron chi connectivity index (χ2n) is 11.3. The molecule has 0 aromatic heterocycles. The summed E-state index contributed by atoms with van der Waals surface area (Å²) in [5, 5.41) is 10.2. The van der Waals surface area contributed by atoms with Crippen LogP contribution in [0.4, 0.5) is 0 Å². The molecule has 1 saturated heterocycles. The predicted octanol–water partition coefficient (Wildman–Crippen LogP) is 6.56. The third-order valence-electron chi connectivity index (χ3n) is 8.34. The van der Waals surface area contributed by atoms with E-state index in [-0.39, 0.29) is 42.0 Å². The molecular formula is C31H38BrClN2O4. The summed E-state index contributed by atoms with van der Waals surface area (Å²) in [6.07, 6.45) is 2.61. The average Bonchev–Trinajstić information content (AvgIpc) is 3.00. The number of carbonyl (C=O) groups is 3. The Kier molecular flexibility index (Phi) is 9.76. The van der Waals surface area contributed by atoms with E-state index in [0.717, 1.165) is 21.2 Å². The van der Waals surface area contributed by atoms with Gasteiger partial charge in [-0.2, -0.15) is 0 Å². The van der Waals surface area contributed by atoms with Gasteiger partial charge in [-0.15, -0.1) is 0 Å². The molecule has 3 unspecified atom stereocenters. The van der Waals surface area contributed by atoms with Crippen molar-refractivity contribution >= 4 is 45.3 Å². The van der Waals surface area contributed by atoms with Crippen molar-refractivity contribution in [2.45, 2.75) is 58.3 Å². The highest BCUT2D eigenvalue weighted by atomic mass is 79.9. The number of aliphatic carboxylic acids is 1. The number of halogens is 2. The van der Waals surface area contributed by atoms with Crippen molar-refractivity contribution in [3.05, 3.63) is 68.7 Å². The molecule has 1 fully saturated rings. The normalized spacial score (nSPS) is 21.0. The fourth-order valence-electron chi connectivity index (χ4n) is 6.32. The van der Waals surface area contributed by atoms with Crippen molar-refractivity contribution in [3.63, 3.8) is 0 Å². The van der Waals surface area contributed by atoms with Crippen LogP contribution in [0.1, 0.15) is 75.0 Å². The van der Waals surface area contributed by atoms with E-state index in [1.165, 1.54) is 0 Å². The standard InChI is InChI=1S/C31H38BrClN2O4/c1-4-22(31(38)39)20-11-13-34(14-12-20)29(36)18-35-17-27(24-7-5-6-8-28(24)32)25-16-21(33)9-10-23(25)26(30(35)37)15-19(2)3/h5-10,16,19-20,22,26-27H,4,11-15,17-18H2,1-3H3,(H,38,39). The zero-order chi connectivity index (χ0) is 28.3. The number of nitrogens with zero attached hydrogens (tertiary/aromatic N) is 2. The van der Waals surface area contributed by atoms with Crippen LogP contribution in [0.2, 0.25) is 5.02 Å². The highest BCUT2D eigenvalue weighted by molar-refractivity contribution is 9.10. The molecule has 2 aliphatic rings. The molecule has 0 saturated carbocycles. The lowest BCUT2D eigenvalue weighted by atomic mass is 9.82. The number of piperidine rings is 1. The van der Waals surface area contributed by atoms with Crippen LogP contribution in [0.25, 0.3) is 0 Å². The quantitative estimate of drug-likeness (QED) is 0.364. The first kappa shape index (κ1) is 29.6. The number of fused-ring (bicyclic) bond motifs is 1. The number of carboxylic acids is 1. The summed E-state index contributed by atoms with van der Waals surface area (Å²) < 4.78 is 0.952. The molecule has 210 valence electrons. The number of likely N-dealkylation sites (tertiary alicyclic amines) is 1. The number of carboxylic acid groups (broad SMARTS) is 1. The summed E-state index contributed by atoms with van der Waals surface area (Å²) in [5.74, 6) is -1.37. The number of rotatable bonds is 8. The Morgan fingerprint density at radius 2 is 1.77 bits per heavy atom. The first-order valence-electron chi connectivity index (χ1n) is 13.9. The van der Waals surface area contributed by atoms with E-state index >= 15 is 0 Å². The van der Waals surface area contributed by atoms with Crippen LogP contribution in [0.15, 0.2) is 46.9 Å². The van der Waals surface area contributed by atoms with Gasteiger partial charge >= 0.3 is 5.97 Å². The van der Waals surface area contributed by atoms with Crippen LogP contribution in [0.3, 0.4) is 0 Å². The number of carbonyl (C=O) groups excluding carboxylic acids is 2. The minimum Gasteiger partial charge on any atom is -0.481 e. The Labute approximate surface area is 244 Å². The summed E-state index contributed by atoms with van der Waals surface area (Å²) in [7, 11) is 0. The zero-order valence-electron chi connectivity index (χ0n) is 22.9. The van der Waals surface area contributed by atoms with E-state index in [1.54, 1.807) is 9.80 Å². The highest BCUT2D eigenvalue weighted by Gasteiger charge is 2.38. The molecule has 0 spiro atoms. The van der Waals surface area contributed by atoms with Crippen molar-refractivity contribution in [2.75, 3.05) is 26.2 Å². The SMILES string of the molecule is CCC(C(=O)O)C1CCN(C(=O)CN2CC(c3ccccc3Br)c3cc(Cl)ccc3C(CC(C)C)C2=O)CC1. The van der Waals surface area contributed by atoms with Crippen LogP contribution in [0.5, 0.6) is 0 Å². The first-order valence-corrected chi connectivity index (χ1v) is 15.1. The smallest absolute Gasteiger partial charge is 0.306 e. The summed E-state index contributed by atoms with van der Waals surface area (Å²) in [4.78, 5) is 42.8. The van der Waals surface area contributed by atoms with Gasteiger partial charge in [0.25, 0.3) is 0 Å². The molecule has 0 bridgehead atoms. The number of benzene rings is 2. The molecule has 3 atom stereocenters. The molecule has 0 radical (unpaired) electrons. The van der Waals surface area contributed by atoms with Crippen LogP contribution < -0.4 is 0 Å². The van der Waals surface area contributed by atoms with E-state index in [4.69, 9.17) is 11.6 Å². The van der Waals surface area contributed by atoms with Gasteiger partial charge in [0.15, 0.2) is 0 Å². The van der Waals surface area contributed by atoms with Gasteiger partial charge in [-0.05, 0) is 72.4 Å². The van der Waals surface area contributed by atoms with Crippen LogP contribution in [0, 0.1) is 17.8 Å². The summed E-state index contributed by atoms with van der Waals surface area (Å²) in [6.45, 7) is 7.56. The topological polar surface area (TPSA) is 77.9 Å². The third-order valence-corrected chi connectivity index (χ3v) is 9.30. The predicted molar refractivity (Wildman–Crippen MR) is 157 cm³/mol. The van der Waals surface area contributed by atoms with Crippen molar-refractivity contribution < 1.29 is 19.5 Å².